The molecule has 13 nitrogen and oxygen atoms in total. The third kappa shape index (κ3) is 3.51. The van der Waals surface area contributed by atoms with E-state index in [9.17, 15) is 44.8 Å². The van der Waals surface area contributed by atoms with Gasteiger partial charge in [0.05, 0.1) is 9.85 Å². The predicted octanol–water partition coefficient (Wildman–Crippen LogP) is -0.941. The summed E-state index contributed by atoms with van der Waals surface area (Å²) in [5.41, 5.74) is 0. The Morgan fingerprint density at radius 3 is 1.67 bits per heavy atom. The molecule has 0 spiro atoms. The van der Waals surface area contributed by atoms with Crippen LogP contribution in [0.15, 0.2) is 0 Å². The summed E-state index contributed by atoms with van der Waals surface area (Å²) >= 11 is 0. The summed E-state index contributed by atoms with van der Waals surface area (Å²) < 4.78 is 17.0. The van der Waals surface area contributed by atoms with Crippen LogP contribution in [0.1, 0.15) is 0 Å². The molecule has 0 aromatic carbocycles. The average molecular weight is 272 g/mol. The number of hydrogen-bond donors (Lipinski definition) is 0. The quantitative estimate of drug-likeness (QED) is 0.233. The molecule has 0 saturated carbocycles. The van der Waals surface area contributed by atoms with Crippen LogP contribution in [0.3, 0.4) is 0 Å². The van der Waals surface area contributed by atoms with Crippen molar-refractivity contribution in [1.82, 2.24) is 0 Å². The standard InChI is InChI=1S/C4H5FN4O9/c5-4(8(14)15,9(16)17)2-18-1-3(6(10)11)7(12)13/h3H,1-2H2. The highest BCUT2D eigenvalue weighted by Crippen LogP contribution is 2.13. The molecule has 18 heavy (non-hydrogen) atoms. The molecule has 0 atom stereocenters. The van der Waals surface area contributed by atoms with Crippen LogP contribution in [-0.2, 0) is 4.74 Å². The second-order valence-electron chi connectivity index (χ2n) is 2.80. The highest BCUT2D eigenvalue weighted by atomic mass is 19.2. The smallest absolute Gasteiger partial charge is 0.348 e. The number of halogens is 1. The molecule has 0 aliphatic heterocycles. The maximum absolute atomic E-state index is 13.0. The first-order valence-corrected chi connectivity index (χ1v) is 3.95. The molecule has 0 saturated heterocycles. The lowest BCUT2D eigenvalue weighted by atomic mass is 10.5. The summed E-state index contributed by atoms with van der Waals surface area (Å²) in [4.78, 5) is 33.7. The Bertz CT molecular complexity index is 357. The number of nitro groups is 4. The molecule has 0 N–H and O–H groups in total. The summed E-state index contributed by atoms with van der Waals surface area (Å²) in [6.07, 6.45) is -2.49. The lowest BCUT2D eigenvalue weighted by Gasteiger charge is -2.08. The minimum atomic E-state index is -4.21. The molecule has 14 heteroatoms. The maximum Gasteiger partial charge on any atom is 0.637 e. The van der Waals surface area contributed by atoms with E-state index in [0.717, 1.165) is 0 Å². The molecule has 0 radical (unpaired) electrons. The molecule has 0 rings (SSSR count). The minimum absolute atomic E-state index is 1.34. The van der Waals surface area contributed by atoms with Gasteiger partial charge in [0, 0.05) is 0 Å². The number of nitrogens with zero attached hydrogens (tertiary/aromatic N) is 4. The van der Waals surface area contributed by atoms with E-state index >= 15 is 0 Å². The van der Waals surface area contributed by atoms with Crippen molar-refractivity contribution >= 4 is 0 Å². The summed E-state index contributed by atoms with van der Waals surface area (Å²) in [6.45, 7) is -3.13. The van der Waals surface area contributed by atoms with Gasteiger partial charge in [-0.05, 0) is 0 Å². The van der Waals surface area contributed by atoms with Gasteiger partial charge >= 0.3 is 12.1 Å². The third-order valence-corrected chi connectivity index (χ3v) is 1.60. The number of ether oxygens (including phenoxy) is 1. The fourth-order valence-electron chi connectivity index (χ4n) is 0.665. The van der Waals surface area contributed by atoms with Crippen molar-refractivity contribution in [2.75, 3.05) is 13.2 Å². The van der Waals surface area contributed by atoms with Crippen LogP contribution >= 0.6 is 0 Å². The summed E-state index contributed by atoms with van der Waals surface area (Å²) in [5.74, 6) is -4.21. The first-order chi connectivity index (χ1) is 8.12. The Morgan fingerprint density at radius 1 is 1.00 bits per heavy atom. The lowest BCUT2D eigenvalue weighted by molar-refractivity contribution is -0.834. The van der Waals surface area contributed by atoms with Gasteiger partial charge < -0.3 is 4.74 Å². The van der Waals surface area contributed by atoms with E-state index in [1.807, 2.05) is 0 Å². The van der Waals surface area contributed by atoms with Gasteiger partial charge in [0.2, 0.25) is 6.61 Å². The zero-order valence-electron chi connectivity index (χ0n) is 8.33. The van der Waals surface area contributed by atoms with Gasteiger partial charge in [-0.25, -0.2) is 0 Å². The van der Waals surface area contributed by atoms with E-state index in [1.165, 1.54) is 0 Å². The van der Waals surface area contributed by atoms with Gasteiger partial charge in [-0.3, -0.25) is 40.5 Å². The van der Waals surface area contributed by atoms with Crippen LogP contribution in [0.4, 0.5) is 4.39 Å². The maximum atomic E-state index is 13.0. The molecule has 0 aliphatic rings. The van der Waals surface area contributed by atoms with E-state index in [0.29, 0.717) is 0 Å². The molecular weight excluding hydrogens is 267 g/mol. The fourth-order valence-corrected chi connectivity index (χ4v) is 0.665. The van der Waals surface area contributed by atoms with E-state index < -0.39 is 45.0 Å². The molecule has 0 aromatic rings. The van der Waals surface area contributed by atoms with Crippen LogP contribution in [0, 0.1) is 40.5 Å². The van der Waals surface area contributed by atoms with E-state index in [2.05, 4.69) is 4.74 Å². The van der Waals surface area contributed by atoms with E-state index in [4.69, 9.17) is 0 Å². The summed E-state index contributed by atoms with van der Waals surface area (Å²) in [5, 5.41) is 40.3. The van der Waals surface area contributed by atoms with Crippen molar-refractivity contribution in [2.24, 2.45) is 0 Å². The van der Waals surface area contributed by atoms with Gasteiger partial charge in [-0.2, -0.15) is 0 Å². The normalized spacial score (nSPS) is 11.2. The van der Waals surface area contributed by atoms with Crippen molar-refractivity contribution in [3.05, 3.63) is 40.5 Å². The van der Waals surface area contributed by atoms with E-state index in [-0.39, 0.29) is 0 Å². The Hall–Kier alpha value is -2.51. The van der Waals surface area contributed by atoms with Crippen molar-refractivity contribution < 1.29 is 28.8 Å². The fraction of sp³-hybridized carbons (Fsp3) is 1.00. The Morgan fingerprint density at radius 2 is 1.39 bits per heavy atom. The second kappa shape index (κ2) is 5.71. The summed E-state index contributed by atoms with van der Waals surface area (Å²) in [6, 6.07) is 0. The lowest BCUT2D eigenvalue weighted by Crippen LogP contribution is -2.47. The van der Waals surface area contributed by atoms with Crippen molar-refractivity contribution in [3.63, 3.8) is 0 Å². The molecule has 0 aromatic heterocycles. The van der Waals surface area contributed by atoms with Crippen LogP contribution in [0.5, 0.6) is 0 Å². The predicted molar refractivity (Wildman–Crippen MR) is 46.4 cm³/mol. The van der Waals surface area contributed by atoms with Gasteiger partial charge in [-0.15, -0.1) is 0 Å². The minimum Gasteiger partial charge on any atom is -0.348 e. The van der Waals surface area contributed by atoms with Gasteiger partial charge in [0.15, 0.2) is 6.61 Å². The molecule has 102 valence electrons. The number of rotatable bonds is 8. The SMILES string of the molecule is O=[N+]([O-])C(COCC(F)([N+](=O)[O-])[N+](=O)[O-])[N+](=O)[O-]. The molecule has 0 fully saturated rings. The monoisotopic (exact) mass is 272 g/mol. The van der Waals surface area contributed by atoms with Gasteiger partial charge in [0.25, 0.3) is 0 Å². The van der Waals surface area contributed by atoms with E-state index in [1.54, 1.807) is 0 Å². The van der Waals surface area contributed by atoms with Crippen LogP contribution < -0.4 is 0 Å². The molecular formula is C4H5FN4O9. The summed E-state index contributed by atoms with van der Waals surface area (Å²) in [7, 11) is 0. The Balaban J connectivity index is 4.57. The Kier molecular flexibility index (Phi) is 4.91. The van der Waals surface area contributed by atoms with Crippen molar-refractivity contribution in [1.29, 1.82) is 0 Å². The van der Waals surface area contributed by atoms with Crippen molar-refractivity contribution in [3.8, 4) is 0 Å². The zero-order chi connectivity index (χ0) is 14.5. The first kappa shape index (κ1) is 15.5. The largest absolute Gasteiger partial charge is 0.637 e. The first-order valence-electron chi connectivity index (χ1n) is 3.95. The molecule has 0 heterocycles. The highest BCUT2D eigenvalue weighted by molar-refractivity contribution is 4.50. The molecule has 0 amide bonds. The van der Waals surface area contributed by atoms with Gasteiger partial charge in [0.1, 0.15) is 9.85 Å². The molecule has 0 bridgehead atoms. The molecule has 0 unspecified atom stereocenters. The van der Waals surface area contributed by atoms with Crippen LogP contribution in [0.2, 0.25) is 0 Å². The van der Waals surface area contributed by atoms with Crippen LogP contribution in [-0.4, -0.2) is 45.0 Å². The average Bonchev–Trinajstić information content (AvgIpc) is 2.21. The highest BCUT2D eigenvalue weighted by Gasteiger charge is 2.59. The third-order valence-electron chi connectivity index (χ3n) is 1.60. The van der Waals surface area contributed by atoms with Gasteiger partial charge in [-0.1, -0.05) is 4.39 Å². The second-order valence-corrected chi connectivity index (χ2v) is 2.80. The number of alkyl halides is 1. The van der Waals surface area contributed by atoms with Crippen LogP contribution in [0.25, 0.3) is 0 Å². The zero-order valence-corrected chi connectivity index (χ0v) is 8.33. The van der Waals surface area contributed by atoms with Crippen molar-refractivity contribution in [2.45, 2.75) is 12.1 Å². The Labute approximate surface area is 95.7 Å². The number of hydrogen-bond acceptors (Lipinski definition) is 9. The molecule has 0 aliphatic carbocycles. The topological polar surface area (TPSA) is 182 Å².